The van der Waals surface area contributed by atoms with E-state index in [1.807, 2.05) is 30.3 Å². The van der Waals surface area contributed by atoms with Crippen molar-refractivity contribution in [2.45, 2.75) is 13.0 Å². The van der Waals surface area contributed by atoms with Gasteiger partial charge in [0.2, 0.25) is 0 Å². The van der Waals surface area contributed by atoms with Gasteiger partial charge in [-0.1, -0.05) is 54.6 Å². The molecule has 1 saturated heterocycles. The summed E-state index contributed by atoms with van der Waals surface area (Å²) in [6.45, 7) is 4.92. The van der Waals surface area contributed by atoms with Crippen LogP contribution in [-0.2, 0) is 0 Å². The molecular weight excluding hydrogens is 421 g/mol. The van der Waals surface area contributed by atoms with Gasteiger partial charge in [-0.25, -0.2) is 0 Å². The van der Waals surface area contributed by atoms with Crippen molar-refractivity contribution in [3.8, 4) is 0 Å². The molecule has 1 aliphatic rings. The fourth-order valence-electron chi connectivity index (χ4n) is 3.51. The summed E-state index contributed by atoms with van der Waals surface area (Å²) in [5.74, 6) is 0. The molecule has 1 fully saturated rings. The van der Waals surface area contributed by atoms with Crippen molar-refractivity contribution < 1.29 is 0 Å². The molecule has 0 amide bonds. The van der Waals surface area contributed by atoms with Crippen LogP contribution in [0.2, 0.25) is 0 Å². The lowest BCUT2D eigenvalue weighted by Gasteiger charge is -2.34. The van der Waals surface area contributed by atoms with Crippen LogP contribution in [0.5, 0.6) is 0 Å². The summed E-state index contributed by atoms with van der Waals surface area (Å²) in [6, 6.07) is 31.5. The Morgan fingerprint density at radius 1 is 0.839 bits per heavy atom. The number of nitrogens with one attached hydrogen (secondary N) is 3. The summed E-state index contributed by atoms with van der Waals surface area (Å²) in [5.41, 5.74) is 3.49. The maximum Gasteiger partial charge on any atom is 0.176 e. The molecular formula is C24H28N5PS. The second kappa shape index (κ2) is 10.6. The number of anilines is 3. The molecule has 0 bridgehead atoms. The van der Waals surface area contributed by atoms with E-state index in [0.717, 1.165) is 25.3 Å². The first kappa shape index (κ1) is 21.6. The largest absolute Gasteiger partial charge is 0.361 e. The van der Waals surface area contributed by atoms with Gasteiger partial charge in [0, 0.05) is 42.7 Å². The number of hydrogen-bond donors (Lipinski definition) is 3. The normalized spacial score (nSPS) is 15.0. The Kier molecular flexibility index (Phi) is 7.36. The van der Waals surface area contributed by atoms with E-state index in [0.29, 0.717) is 5.11 Å². The summed E-state index contributed by atoms with van der Waals surface area (Å²) in [6.07, 6.45) is 0. The van der Waals surface area contributed by atoms with Gasteiger partial charge in [0.25, 0.3) is 0 Å². The minimum absolute atomic E-state index is 0.233. The van der Waals surface area contributed by atoms with E-state index in [9.17, 15) is 0 Å². The van der Waals surface area contributed by atoms with Crippen LogP contribution in [-0.4, -0.2) is 30.8 Å². The zero-order valence-electron chi connectivity index (χ0n) is 17.6. The molecule has 0 saturated carbocycles. The highest BCUT2D eigenvalue weighted by molar-refractivity contribution is 7.80. The fourth-order valence-corrected chi connectivity index (χ4v) is 6.00. The lowest BCUT2D eigenvalue weighted by atomic mass is 10.3. The summed E-state index contributed by atoms with van der Waals surface area (Å²) in [7, 11) is -0.730. The molecule has 3 aromatic carbocycles. The van der Waals surface area contributed by atoms with Crippen molar-refractivity contribution in [1.82, 2.24) is 10.4 Å². The summed E-state index contributed by atoms with van der Waals surface area (Å²) < 4.78 is 4.97. The molecule has 1 aliphatic heterocycles. The first-order chi connectivity index (χ1) is 15.2. The highest BCUT2D eigenvalue weighted by atomic mass is 32.1. The van der Waals surface area contributed by atoms with Crippen molar-refractivity contribution in [2.24, 2.45) is 0 Å². The Morgan fingerprint density at radius 2 is 1.32 bits per heavy atom. The molecule has 3 N–H and O–H groups in total. The second-order valence-corrected chi connectivity index (χ2v) is 9.65. The third kappa shape index (κ3) is 5.73. The van der Waals surface area contributed by atoms with Gasteiger partial charge in [-0.2, -0.15) is 0 Å². The van der Waals surface area contributed by atoms with Crippen LogP contribution in [0.25, 0.3) is 0 Å². The minimum atomic E-state index is -0.730. The van der Waals surface area contributed by atoms with Crippen LogP contribution in [0.1, 0.15) is 6.92 Å². The molecule has 5 nitrogen and oxygen atoms in total. The monoisotopic (exact) mass is 449 g/mol. The predicted molar refractivity (Wildman–Crippen MR) is 138 cm³/mol. The van der Waals surface area contributed by atoms with Crippen molar-refractivity contribution in [1.29, 1.82) is 0 Å². The van der Waals surface area contributed by atoms with Crippen molar-refractivity contribution in [3.05, 3.63) is 91.0 Å². The molecule has 4 rings (SSSR count). The Bertz CT molecular complexity index is 910. The molecule has 0 spiro atoms. The molecule has 31 heavy (non-hydrogen) atoms. The summed E-state index contributed by atoms with van der Waals surface area (Å²) in [4.78, 5) is 0. The fraction of sp³-hybridized carbons (Fsp3) is 0.208. The number of thiocarbonyl (C=S) groups is 1. The van der Waals surface area contributed by atoms with E-state index in [-0.39, 0.29) is 6.04 Å². The van der Waals surface area contributed by atoms with E-state index in [1.165, 1.54) is 11.4 Å². The van der Waals surface area contributed by atoms with Gasteiger partial charge in [-0.3, -0.25) is 5.09 Å². The number of hydrogen-bond acceptors (Lipinski definition) is 4. The summed E-state index contributed by atoms with van der Waals surface area (Å²) >= 11 is 5.47. The topological polar surface area (TPSA) is 42.6 Å². The average Bonchev–Trinajstić information content (AvgIpc) is 3.23. The number of benzene rings is 3. The van der Waals surface area contributed by atoms with Crippen LogP contribution in [0, 0.1) is 0 Å². The van der Waals surface area contributed by atoms with E-state index in [2.05, 4.69) is 92.6 Å². The van der Waals surface area contributed by atoms with E-state index >= 15 is 0 Å². The smallest absolute Gasteiger partial charge is 0.176 e. The van der Waals surface area contributed by atoms with Crippen LogP contribution in [0.4, 0.5) is 17.1 Å². The molecule has 7 heteroatoms. The zero-order chi connectivity index (χ0) is 21.5. The second-order valence-electron chi connectivity index (χ2n) is 7.44. The van der Waals surface area contributed by atoms with Crippen molar-refractivity contribution >= 4 is 42.8 Å². The van der Waals surface area contributed by atoms with Gasteiger partial charge in [-0.05, 0) is 55.5 Å². The van der Waals surface area contributed by atoms with Gasteiger partial charge in [0.15, 0.2) is 13.5 Å². The SMILES string of the molecule is C[C@H](CNC(=S)Nc1ccccc1)NP1N(c2ccccc2)CCN1c1ccccc1. The number of nitrogens with zero attached hydrogens (tertiary/aromatic N) is 2. The minimum Gasteiger partial charge on any atom is -0.361 e. The maximum absolute atomic E-state index is 5.47. The highest BCUT2D eigenvalue weighted by Gasteiger charge is 2.34. The lowest BCUT2D eigenvalue weighted by Crippen LogP contribution is -2.41. The van der Waals surface area contributed by atoms with Gasteiger partial charge < -0.3 is 20.0 Å². The Labute approximate surface area is 191 Å². The van der Waals surface area contributed by atoms with Crippen LogP contribution < -0.4 is 25.1 Å². The molecule has 0 radical (unpaired) electrons. The Hall–Kier alpha value is -2.66. The van der Waals surface area contributed by atoms with Gasteiger partial charge >= 0.3 is 0 Å². The quantitative estimate of drug-likeness (QED) is 0.340. The number of rotatable bonds is 7. The number of para-hydroxylation sites is 3. The Morgan fingerprint density at radius 3 is 1.84 bits per heavy atom. The molecule has 0 unspecified atom stereocenters. The van der Waals surface area contributed by atoms with Gasteiger partial charge in [0.05, 0.1) is 0 Å². The Balaban J connectivity index is 1.41. The zero-order valence-corrected chi connectivity index (χ0v) is 19.3. The van der Waals surface area contributed by atoms with Crippen molar-refractivity contribution in [3.63, 3.8) is 0 Å². The van der Waals surface area contributed by atoms with Gasteiger partial charge in [0.1, 0.15) is 0 Å². The van der Waals surface area contributed by atoms with Crippen LogP contribution >= 0.6 is 20.6 Å². The molecule has 0 aliphatic carbocycles. The molecule has 0 aromatic heterocycles. The molecule has 3 aromatic rings. The standard InChI is InChI=1S/C24H28N5PS/c1-20(19-25-24(31)26-21-11-5-2-6-12-21)27-30-28(22-13-7-3-8-14-22)17-18-29(30)23-15-9-4-10-16-23/h2-16,20,27H,17-19H2,1H3,(H2,25,26,31)/t20-/m1/s1. The maximum atomic E-state index is 5.47. The van der Waals surface area contributed by atoms with E-state index in [1.54, 1.807) is 0 Å². The highest BCUT2D eigenvalue weighted by Crippen LogP contribution is 2.50. The third-order valence-corrected chi connectivity index (χ3v) is 7.72. The predicted octanol–water partition coefficient (Wildman–Crippen LogP) is 5.20. The van der Waals surface area contributed by atoms with Crippen molar-refractivity contribution in [2.75, 3.05) is 34.3 Å². The molecule has 1 atom stereocenters. The average molecular weight is 450 g/mol. The van der Waals surface area contributed by atoms with Gasteiger partial charge in [-0.15, -0.1) is 0 Å². The third-order valence-electron chi connectivity index (χ3n) is 5.03. The first-order valence-electron chi connectivity index (χ1n) is 10.5. The molecule has 160 valence electrons. The lowest BCUT2D eigenvalue weighted by molar-refractivity contribution is 0.658. The first-order valence-corrected chi connectivity index (χ1v) is 12.2. The summed E-state index contributed by atoms with van der Waals surface area (Å²) in [5, 5.41) is 11.1. The molecule has 1 heterocycles. The van der Waals surface area contributed by atoms with E-state index in [4.69, 9.17) is 12.2 Å². The van der Waals surface area contributed by atoms with Crippen LogP contribution in [0.3, 0.4) is 0 Å². The van der Waals surface area contributed by atoms with E-state index < -0.39 is 8.37 Å². The van der Waals surface area contributed by atoms with Crippen LogP contribution in [0.15, 0.2) is 91.0 Å².